The molecule has 0 unspecified atom stereocenters. The van der Waals surface area contributed by atoms with E-state index in [2.05, 4.69) is 0 Å². The van der Waals surface area contributed by atoms with E-state index in [0.29, 0.717) is 25.1 Å². The average Bonchev–Trinajstić information content (AvgIpc) is 2.63. The first-order valence-corrected chi connectivity index (χ1v) is 5.92. The van der Waals surface area contributed by atoms with Crippen molar-refractivity contribution in [1.82, 2.24) is 0 Å². The van der Waals surface area contributed by atoms with Crippen LogP contribution in [0.2, 0.25) is 0 Å². The first kappa shape index (κ1) is 10.8. The zero-order chi connectivity index (χ0) is 12.1. The predicted octanol–water partition coefficient (Wildman–Crippen LogP) is 3.11. The summed E-state index contributed by atoms with van der Waals surface area (Å²) in [6, 6.07) is 5.51. The SMILES string of the molecule is Nc1ccc2c(c1)C1(CCC(F)(F)CC1)CO2. The lowest BCUT2D eigenvalue weighted by Gasteiger charge is -2.36. The third-order valence-corrected chi connectivity index (χ3v) is 4.02. The summed E-state index contributed by atoms with van der Waals surface area (Å²) in [7, 11) is 0. The largest absolute Gasteiger partial charge is 0.492 e. The van der Waals surface area contributed by atoms with Gasteiger partial charge in [0.05, 0.1) is 6.61 Å². The Morgan fingerprint density at radius 2 is 1.82 bits per heavy atom. The number of rotatable bonds is 0. The van der Waals surface area contributed by atoms with E-state index < -0.39 is 5.92 Å². The van der Waals surface area contributed by atoms with Gasteiger partial charge in [0.15, 0.2) is 0 Å². The van der Waals surface area contributed by atoms with Crippen molar-refractivity contribution < 1.29 is 13.5 Å². The van der Waals surface area contributed by atoms with Gasteiger partial charge < -0.3 is 10.5 Å². The van der Waals surface area contributed by atoms with Gasteiger partial charge in [-0.05, 0) is 31.0 Å². The molecule has 0 bridgehead atoms. The number of hydrogen-bond donors (Lipinski definition) is 1. The molecule has 2 N–H and O–H groups in total. The summed E-state index contributed by atoms with van der Waals surface area (Å²) in [6.45, 7) is 0.516. The number of ether oxygens (including phenoxy) is 1. The molecule has 17 heavy (non-hydrogen) atoms. The second-order valence-electron chi connectivity index (χ2n) is 5.18. The van der Waals surface area contributed by atoms with Gasteiger partial charge in [0, 0.05) is 29.5 Å². The first-order valence-electron chi connectivity index (χ1n) is 5.92. The van der Waals surface area contributed by atoms with Crippen LogP contribution in [0.15, 0.2) is 18.2 Å². The Labute approximate surface area is 98.8 Å². The zero-order valence-corrected chi connectivity index (χ0v) is 9.51. The van der Waals surface area contributed by atoms with Crippen LogP contribution in [0.5, 0.6) is 5.75 Å². The van der Waals surface area contributed by atoms with Gasteiger partial charge in [-0.25, -0.2) is 8.78 Å². The summed E-state index contributed by atoms with van der Waals surface area (Å²) in [4.78, 5) is 0. The molecule has 1 aromatic rings. The molecule has 2 nitrogen and oxygen atoms in total. The van der Waals surface area contributed by atoms with Crippen LogP contribution in [0.1, 0.15) is 31.2 Å². The normalized spacial score (nSPS) is 24.4. The van der Waals surface area contributed by atoms with Crippen molar-refractivity contribution in [3.63, 3.8) is 0 Å². The maximum atomic E-state index is 13.2. The molecule has 0 atom stereocenters. The maximum absolute atomic E-state index is 13.2. The first-order chi connectivity index (χ1) is 8.01. The number of nitrogens with two attached hydrogens (primary N) is 1. The van der Waals surface area contributed by atoms with E-state index in [-0.39, 0.29) is 18.3 Å². The Morgan fingerprint density at radius 3 is 2.53 bits per heavy atom. The van der Waals surface area contributed by atoms with Crippen molar-refractivity contribution in [2.75, 3.05) is 12.3 Å². The number of hydrogen-bond acceptors (Lipinski definition) is 2. The molecule has 1 aliphatic heterocycles. The lowest BCUT2D eigenvalue weighted by Crippen LogP contribution is -2.37. The van der Waals surface area contributed by atoms with E-state index in [0.717, 1.165) is 11.3 Å². The van der Waals surface area contributed by atoms with E-state index >= 15 is 0 Å². The van der Waals surface area contributed by atoms with Crippen molar-refractivity contribution in [2.45, 2.75) is 37.0 Å². The molecule has 0 saturated heterocycles. The smallest absolute Gasteiger partial charge is 0.248 e. The van der Waals surface area contributed by atoms with Gasteiger partial charge in [0.2, 0.25) is 5.92 Å². The Balaban J connectivity index is 1.95. The van der Waals surface area contributed by atoms with Crippen LogP contribution in [0, 0.1) is 0 Å². The summed E-state index contributed by atoms with van der Waals surface area (Å²) in [6.07, 6.45) is 0.863. The van der Waals surface area contributed by atoms with Gasteiger partial charge in [0.1, 0.15) is 5.75 Å². The van der Waals surface area contributed by atoms with Crippen molar-refractivity contribution in [3.8, 4) is 5.75 Å². The van der Waals surface area contributed by atoms with Crippen LogP contribution < -0.4 is 10.5 Å². The zero-order valence-electron chi connectivity index (χ0n) is 9.51. The number of halogens is 2. The Morgan fingerprint density at radius 1 is 1.12 bits per heavy atom. The highest BCUT2D eigenvalue weighted by Crippen LogP contribution is 2.51. The van der Waals surface area contributed by atoms with Crippen LogP contribution in [0.4, 0.5) is 14.5 Å². The Hall–Kier alpha value is -1.32. The monoisotopic (exact) mass is 239 g/mol. The van der Waals surface area contributed by atoms with Gasteiger partial charge in [0.25, 0.3) is 0 Å². The highest BCUT2D eigenvalue weighted by molar-refractivity contribution is 5.53. The van der Waals surface area contributed by atoms with Gasteiger partial charge in [-0.3, -0.25) is 0 Å². The Kier molecular flexibility index (Phi) is 2.12. The number of benzene rings is 1. The predicted molar refractivity (Wildman–Crippen MR) is 61.4 cm³/mol. The van der Waals surface area contributed by atoms with Crippen LogP contribution in [-0.2, 0) is 5.41 Å². The second-order valence-corrected chi connectivity index (χ2v) is 5.18. The lowest BCUT2D eigenvalue weighted by molar-refractivity contribution is -0.0538. The van der Waals surface area contributed by atoms with Crippen LogP contribution in [-0.4, -0.2) is 12.5 Å². The number of fused-ring (bicyclic) bond motifs is 2. The standard InChI is InChI=1S/C13H15F2NO/c14-13(15)5-3-12(4-6-13)8-17-11-2-1-9(16)7-10(11)12/h1-2,7H,3-6,8,16H2. The number of nitrogen functional groups attached to an aromatic ring is 1. The van der Waals surface area contributed by atoms with E-state index in [1.54, 1.807) is 6.07 Å². The van der Waals surface area contributed by atoms with Crippen molar-refractivity contribution >= 4 is 5.69 Å². The van der Waals surface area contributed by atoms with Gasteiger partial charge >= 0.3 is 0 Å². The topological polar surface area (TPSA) is 35.2 Å². The number of anilines is 1. The third-order valence-electron chi connectivity index (χ3n) is 4.02. The highest BCUT2D eigenvalue weighted by Gasteiger charge is 2.48. The fraction of sp³-hybridized carbons (Fsp3) is 0.538. The fourth-order valence-electron chi connectivity index (χ4n) is 2.89. The maximum Gasteiger partial charge on any atom is 0.248 e. The average molecular weight is 239 g/mol. The number of alkyl halides is 2. The van der Waals surface area contributed by atoms with Crippen molar-refractivity contribution in [1.29, 1.82) is 0 Å². The fourth-order valence-corrected chi connectivity index (χ4v) is 2.89. The summed E-state index contributed by atoms with van der Waals surface area (Å²) in [5.41, 5.74) is 7.23. The molecule has 1 aromatic carbocycles. The molecule has 2 aliphatic rings. The third kappa shape index (κ3) is 1.66. The van der Waals surface area contributed by atoms with Crippen molar-refractivity contribution in [3.05, 3.63) is 23.8 Å². The van der Waals surface area contributed by atoms with Gasteiger partial charge in [-0.15, -0.1) is 0 Å². The van der Waals surface area contributed by atoms with E-state index in [1.165, 1.54) is 0 Å². The summed E-state index contributed by atoms with van der Waals surface area (Å²) >= 11 is 0. The minimum atomic E-state index is -2.51. The molecule has 3 rings (SSSR count). The van der Waals surface area contributed by atoms with Crippen molar-refractivity contribution in [2.24, 2.45) is 0 Å². The molecule has 1 aliphatic carbocycles. The molecule has 1 heterocycles. The molecule has 1 saturated carbocycles. The molecule has 0 aromatic heterocycles. The van der Waals surface area contributed by atoms with Crippen LogP contribution >= 0.6 is 0 Å². The van der Waals surface area contributed by atoms with E-state index in [1.807, 2.05) is 12.1 Å². The summed E-state index contributed by atoms with van der Waals surface area (Å²) < 4.78 is 32.1. The van der Waals surface area contributed by atoms with E-state index in [4.69, 9.17) is 10.5 Å². The van der Waals surface area contributed by atoms with Crippen LogP contribution in [0.3, 0.4) is 0 Å². The molecular formula is C13H15F2NO. The van der Waals surface area contributed by atoms with Gasteiger partial charge in [-0.2, -0.15) is 0 Å². The minimum absolute atomic E-state index is 0.0510. The molecule has 0 radical (unpaired) electrons. The second kappa shape index (κ2) is 3.34. The molecular weight excluding hydrogens is 224 g/mol. The summed E-state index contributed by atoms with van der Waals surface area (Å²) in [5.74, 6) is -1.70. The molecule has 0 amide bonds. The van der Waals surface area contributed by atoms with Gasteiger partial charge in [-0.1, -0.05) is 0 Å². The Bertz CT molecular complexity index is 449. The molecule has 92 valence electrons. The van der Waals surface area contributed by atoms with Crippen LogP contribution in [0.25, 0.3) is 0 Å². The molecule has 4 heteroatoms. The quantitative estimate of drug-likeness (QED) is 0.706. The molecule has 1 spiro atoms. The lowest BCUT2D eigenvalue weighted by atomic mass is 9.70. The minimum Gasteiger partial charge on any atom is -0.492 e. The van der Waals surface area contributed by atoms with E-state index in [9.17, 15) is 8.78 Å². The highest BCUT2D eigenvalue weighted by atomic mass is 19.3. The summed E-state index contributed by atoms with van der Waals surface area (Å²) in [5, 5.41) is 0. The molecule has 1 fully saturated rings.